The molecule has 0 aliphatic carbocycles. The predicted molar refractivity (Wildman–Crippen MR) is 71.9 cm³/mol. The van der Waals surface area contributed by atoms with Crippen LogP contribution in [0.25, 0.3) is 0 Å². The first kappa shape index (κ1) is 15.6. The molecule has 19 heavy (non-hydrogen) atoms. The minimum atomic E-state index is -3.64. The van der Waals surface area contributed by atoms with E-state index in [1.165, 1.54) is 18.2 Å². The highest BCUT2D eigenvalue weighted by Crippen LogP contribution is 2.17. The number of hydrogen-bond acceptors (Lipinski definition) is 4. The lowest BCUT2D eigenvalue weighted by Gasteiger charge is -2.19. The van der Waals surface area contributed by atoms with Gasteiger partial charge in [-0.3, -0.25) is 0 Å². The predicted octanol–water partition coefficient (Wildman–Crippen LogP) is 1.16. The highest BCUT2D eigenvalue weighted by atomic mass is 32.2. The van der Waals surface area contributed by atoms with Gasteiger partial charge in [-0.15, -0.1) is 0 Å². The lowest BCUT2D eigenvalue weighted by molar-refractivity contribution is 0.216. The van der Waals surface area contributed by atoms with Crippen molar-refractivity contribution < 1.29 is 13.5 Å². The summed E-state index contributed by atoms with van der Waals surface area (Å²) < 4.78 is 26.9. The molecule has 0 saturated heterocycles. The SMILES string of the molecule is Cc1cc(C#N)ccc1S(=O)(=O)NC(C)C(C)CO. The van der Waals surface area contributed by atoms with Crippen LogP contribution in [-0.2, 0) is 10.0 Å². The van der Waals surface area contributed by atoms with Gasteiger partial charge < -0.3 is 5.11 Å². The minimum Gasteiger partial charge on any atom is -0.396 e. The molecule has 0 fully saturated rings. The average Bonchev–Trinajstić information content (AvgIpc) is 2.36. The maximum absolute atomic E-state index is 12.2. The van der Waals surface area contributed by atoms with Gasteiger partial charge in [-0.1, -0.05) is 6.92 Å². The van der Waals surface area contributed by atoms with E-state index in [9.17, 15) is 8.42 Å². The second kappa shape index (κ2) is 6.15. The number of nitrogens with one attached hydrogen (secondary N) is 1. The molecule has 2 atom stereocenters. The van der Waals surface area contributed by atoms with E-state index in [2.05, 4.69) is 4.72 Å². The quantitative estimate of drug-likeness (QED) is 0.848. The molecule has 0 aliphatic heterocycles. The molecule has 0 aromatic heterocycles. The summed E-state index contributed by atoms with van der Waals surface area (Å²) in [6.45, 7) is 5.03. The summed E-state index contributed by atoms with van der Waals surface area (Å²) in [6, 6.07) is 6.03. The number of aliphatic hydroxyl groups is 1. The normalized spacial score (nSPS) is 14.7. The van der Waals surface area contributed by atoms with Crippen LogP contribution in [0.1, 0.15) is 25.0 Å². The summed E-state index contributed by atoms with van der Waals surface area (Å²) in [7, 11) is -3.64. The van der Waals surface area contributed by atoms with Crippen molar-refractivity contribution in [3.63, 3.8) is 0 Å². The van der Waals surface area contributed by atoms with Gasteiger partial charge in [0, 0.05) is 12.6 Å². The number of nitrogens with zero attached hydrogens (tertiary/aromatic N) is 1. The van der Waals surface area contributed by atoms with Crippen molar-refractivity contribution in [2.45, 2.75) is 31.7 Å². The molecule has 0 aliphatic rings. The third-order valence-electron chi connectivity index (χ3n) is 3.08. The van der Waals surface area contributed by atoms with Crippen molar-refractivity contribution >= 4 is 10.0 Å². The first-order chi connectivity index (χ1) is 8.81. The van der Waals surface area contributed by atoms with Crippen molar-refractivity contribution in [2.75, 3.05) is 6.61 Å². The third kappa shape index (κ3) is 3.77. The smallest absolute Gasteiger partial charge is 0.241 e. The van der Waals surface area contributed by atoms with E-state index in [4.69, 9.17) is 10.4 Å². The lowest BCUT2D eigenvalue weighted by atomic mass is 10.1. The molecule has 104 valence electrons. The molecule has 1 aromatic rings. The number of rotatable bonds is 5. The van der Waals surface area contributed by atoms with E-state index in [1.807, 2.05) is 6.07 Å². The van der Waals surface area contributed by atoms with E-state index in [0.717, 1.165) is 0 Å². The topological polar surface area (TPSA) is 90.2 Å². The molecule has 0 amide bonds. The zero-order valence-electron chi connectivity index (χ0n) is 11.2. The maximum Gasteiger partial charge on any atom is 0.241 e. The fourth-order valence-corrected chi connectivity index (χ4v) is 3.18. The monoisotopic (exact) mass is 282 g/mol. The van der Waals surface area contributed by atoms with Crippen molar-refractivity contribution in [3.05, 3.63) is 29.3 Å². The third-order valence-corrected chi connectivity index (χ3v) is 4.80. The van der Waals surface area contributed by atoms with Crippen LogP contribution in [0.2, 0.25) is 0 Å². The Balaban J connectivity index is 3.05. The van der Waals surface area contributed by atoms with Gasteiger partial charge in [-0.25, -0.2) is 13.1 Å². The summed E-state index contributed by atoms with van der Waals surface area (Å²) >= 11 is 0. The molecule has 1 rings (SSSR count). The molecule has 1 aromatic carbocycles. The largest absolute Gasteiger partial charge is 0.396 e. The summed E-state index contributed by atoms with van der Waals surface area (Å²) in [5.41, 5.74) is 0.948. The van der Waals surface area contributed by atoms with Crippen LogP contribution in [0.5, 0.6) is 0 Å². The molecular weight excluding hydrogens is 264 g/mol. The van der Waals surface area contributed by atoms with Gasteiger partial charge in [0.2, 0.25) is 10.0 Å². The van der Waals surface area contributed by atoms with Crippen molar-refractivity contribution in [3.8, 4) is 6.07 Å². The van der Waals surface area contributed by atoms with E-state index in [0.29, 0.717) is 11.1 Å². The Bertz CT molecular complexity index is 590. The zero-order valence-corrected chi connectivity index (χ0v) is 12.0. The van der Waals surface area contributed by atoms with Gasteiger partial charge in [0.15, 0.2) is 0 Å². The summed E-state index contributed by atoms with van der Waals surface area (Å²) in [5.74, 6) is -0.173. The maximum atomic E-state index is 12.2. The molecule has 6 heteroatoms. The molecule has 2 N–H and O–H groups in total. The summed E-state index contributed by atoms with van der Waals surface area (Å²) in [4.78, 5) is 0.156. The van der Waals surface area contributed by atoms with Crippen LogP contribution in [0.4, 0.5) is 0 Å². The van der Waals surface area contributed by atoms with Crippen LogP contribution < -0.4 is 4.72 Å². The lowest BCUT2D eigenvalue weighted by Crippen LogP contribution is -2.38. The highest BCUT2D eigenvalue weighted by molar-refractivity contribution is 7.89. The fourth-order valence-electron chi connectivity index (χ4n) is 1.60. The number of hydrogen-bond donors (Lipinski definition) is 2. The van der Waals surface area contributed by atoms with Gasteiger partial charge in [0.25, 0.3) is 0 Å². The van der Waals surface area contributed by atoms with Gasteiger partial charge in [-0.2, -0.15) is 5.26 Å². The van der Waals surface area contributed by atoms with E-state index >= 15 is 0 Å². The van der Waals surface area contributed by atoms with Gasteiger partial charge in [0.1, 0.15) is 0 Å². The van der Waals surface area contributed by atoms with Crippen molar-refractivity contribution in [1.29, 1.82) is 5.26 Å². The second-order valence-corrected chi connectivity index (χ2v) is 6.34. The molecule has 5 nitrogen and oxygen atoms in total. The highest BCUT2D eigenvalue weighted by Gasteiger charge is 2.22. The first-order valence-corrected chi connectivity index (χ1v) is 7.44. The molecule has 0 heterocycles. The van der Waals surface area contributed by atoms with E-state index < -0.39 is 10.0 Å². The van der Waals surface area contributed by atoms with Gasteiger partial charge >= 0.3 is 0 Å². The van der Waals surface area contributed by atoms with Crippen LogP contribution in [0.15, 0.2) is 23.1 Å². The van der Waals surface area contributed by atoms with Crippen LogP contribution >= 0.6 is 0 Å². The Labute approximate surface area is 113 Å². The van der Waals surface area contributed by atoms with Crippen LogP contribution in [0, 0.1) is 24.2 Å². The number of sulfonamides is 1. The number of nitriles is 1. The Morgan fingerprint density at radius 2 is 2.05 bits per heavy atom. The molecule has 0 saturated carbocycles. The summed E-state index contributed by atoms with van der Waals surface area (Å²) in [6.07, 6.45) is 0. The second-order valence-electron chi connectivity index (χ2n) is 4.66. The van der Waals surface area contributed by atoms with Gasteiger partial charge in [-0.05, 0) is 43.5 Å². The molecule has 0 radical (unpaired) electrons. The Morgan fingerprint density at radius 3 is 2.53 bits per heavy atom. The molecular formula is C13H18N2O3S. The number of aryl methyl sites for hydroxylation is 1. The fraction of sp³-hybridized carbons (Fsp3) is 0.462. The molecule has 2 unspecified atom stereocenters. The van der Waals surface area contributed by atoms with E-state index in [1.54, 1.807) is 20.8 Å². The summed E-state index contributed by atoms with van der Waals surface area (Å²) in [5, 5.41) is 17.8. The standard InChI is InChI=1S/C13H18N2O3S/c1-9-6-12(7-14)4-5-13(9)19(17,18)15-11(3)10(2)8-16/h4-6,10-11,15-16H,8H2,1-3H3. The number of aliphatic hydroxyl groups excluding tert-OH is 1. The van der Waals surface area contributed by atoms with Crippen LogP contribution in [-0.4, -0.2) is 26.2 Å². The van der Waals surface area contributed by atoms with Crippen LogP contribution in [0.3, 0.4) is 0 Å². The zero-order chi connectivity index (χ0) is 14.6. The van der Waals surface area contributed by atoms with Crippen molar-refractivity contribution in [1.82, 2.24) is 4.72 Å². The molecule has 0 spiro atoms. The Kier molecular flexibility index (Phi) is 5.06. The number of benzene rings is 1. The Hall–Kier alpha value is -1.42. The van der Waals surface area contributed by atoms with Crippen molar-refractivity contribution in [2.24, 2.45) is 5.92 Å². The first-order valence-electron chi connectivity index (χ1n) is 5.95. The van der Waals surface area contributed by atoms with Gasteiger partial charge in [0.05, 0.1) is 16.5 Å². The molecule has 0 bridgehead atoms. The minimum absolute atomic E-state index is 0.0873. The Morgan fingerprint density at radius 1 is 1.42 bits per heavy atom. The van der Waals surface area contributed by atoms with E-state index in [-0.39, 0.29) is 23.5 Å². The average molecular weight is 282 g/mol.